The maximum Gasteiger partial charge on any atom is 0.231 e. The summed E-state index contributed by atoms with van der Waals surface area (Å²) < 4.78 is 0. The lowest BCUT2D eigenvalue weighted by Crippen LogP contribution is -2.34. The van der Waals surface area contributed by atoms with Gasteiger partial charge in [0.25, 0.3) is 0 Å². The van der Waals surface area contributed by atoms with Crippen LogP contribution in [0.2, 0.25) is 0 Å². The van der Waals surface area contributed by atoms with Crippen LogP contribution >= 0.6 is 0 Å². The van der Waals surface area contributed by atoms with E-state index in [9.17, 15) is 4.79 Å². The summed E-state index contributed by atoms with van der Waals surface area (Å²) in [6, 6.07) is 7.71. The normalized spacial score (nSPS) is 10.7. The van der Waals surface area contributed by atoms with Crippen molar-refractivity contribution in [3.05, 3.63) is 29.8 Å². The van der Waals surface area contributed by atoms with E-state index in [0.29, 0.717) is 6.54 Å². The molecule has 1 amide bonds. The van der Waals surface area contributed by atoms with Crippen molar-refractivity contribution in [2.75, 3.05) is 18.8 Å². The van der Waals surface area contributed by atoms with E-state index in [1.165, 1.54) is 0 Å². The number of primary amides is 1. The fourth-order valence-corrected chi connectivity index (χ4v) is 1.74. The lowest BCUT2D eigenvalue weighted by molar-refractivity contribution is -0.119. The van der Waals surface area contributed by atoms with Gasteiger partial charge in [0.1, 0.15) is 0 Å². The molecule has 94 valence electrons. The van der Waals surface area contributed by atoms with Crippen LogP contribution in [0, 0.1) is 0 Å². The summed E-state index contributed by atoms with van der Waals surface area (Å²) in [5, 5.41) is 0. The number of nitrogens with zero attached hydrogens (tertiary/aromatic N) is 1. The molecule has 0 saturated heterocycles. The zero-order chi connectivity index (χ0) is 12.7. The summed E-state index contributed by atoms with van der Waals surface area (Å²) in [6.45, 7) is 3.96. The molecule has 1 rings (SSSR count). The highest BCUT2D eigenvalue weighted by Crippen LogP contribution is 2.13. The number of rotatable bonds is 7. The molecule has 1 aromatic rings. The fraction of sp³-hybridized carbons (Fsp3) is 0.462. The van der Waals surface area contributed by atoms with Gasteiger partial charge in [0.05, 0.1) is 6.54 Å². The summed E-state index contributed by atoms with van der Waals surface area (Å²) in [4.78, 5) is 13.0. The van der Waals surface area contributed by atoms with Crippen LogP contribution in [0.3, 0.4) is 0 Å². The van der Waals surface area contributed by atoms with Gasteiger partial charge in [-0.05, 0) is 24.6 Å². The third kappa shape index (κ3) is 4.87. The highest BCUT2D eigenvalue weighted by molar-refractivity contribution is 5.75. The van der Waals surface area contributed by atoms with E-state index in [2.05, 4.69) is 6.92 Å². The lowest BCUT2D eigenvalue weighted by atomic mass is 10.1. The van der Waals surface area contributed by atoms with Crippen molar-refractivity contribution in [2.24, 2.45) is 5.73 Å². The van der Waals surface area contributed by atoms with Gasteiger partial charge in [0.2, 0.25) is 5.91 Å². The molecule has 0 bridgehead atoms. The van der Waals surface area contributed by atoms with Crippen molar-refractivity contribution in [1.29, 1.82) is 0 Å². The number of nitrogens with two attached hydrogens (primary N) is 2. The van der Waals surface area contributed by atoms with Gasteiger partial charge in [0, 0.05) is 12.2 Å². The summed E-state index contributed by atoms with van der Waals surface area (Å²) in [5.74, 6) is -0.296. The summed E-state index contributed by atoms with van der Waals surface area (Å²) in [7, 11) is 0. The monoisotopic (exact) mass is 235 g/mol. The van der Waals surface area contributed by atoms with Crippen LogP contribution in [0.1, 0.15) is 25.3 Å². The van der Waals surface area contributed by atoms with Crippen molar-refractivity contribution >= 4 is 11.6 Å². The van der Waals surface area contributed by atoms with E-state index < -0.39 is 0 Å². The average molecular weight is 235 g/mol. The Balaban J connectivity index is 2.64. The molecular formula is C13H21N3O. The molecule has 0 radical (unpaired) electrons. The fourth-order valence-electron chi connectivity index (χ4n) is 1.74. The van der Waals surface area contributed by atoms with Crippen molar-refractivity contribution in [3.8, 4) is 0 Å². The minimum Gasteiger partial charge on any atom is -0.398 e. The van der Waals surface area contributed by atoms with Crippen molar-refractivity contribution in [1.82, 2.24) is 4.90 Å². The molecule has 0 aliphatic heterocycles. The average Bonchev–Trinajstić information content (AvgIpc) is 2.28. The molecule has 1 aromatic carbocycles. The first-order valence-corrected chi connectivity index (χ1v) is 5.97. The smallest absolute Gasteiger partial charge is 0.231 e. The Bertz CT molecular complexity index is 365. The van der Waals surface area contributed by atoms with E-state index in [4.69, 9.17) is 11.5 Å². The lowest BCUT2D eigenvalue weighted by Gasteiger charge is -2.21. The number of hydrogen-bond acceptors (Lipinski definition) is 3. The van der Waals surface area contributed by atoms with Crippen LogP contribution in [0.5, 0.6) is 0 Å². The van der Waals surface area contributed by atoms with Crippen LogP contribution in [0.15, 0.2) is 24.3 Å². The Morgan fingerprint density at radius 2 is 2.06 bits per heavy atom. The molecule has 0 aromatic heterocycles. The Morgan fingerprint density at radius 1 is 1.35 bits per heavy atom. The molecule has 0 heterocycles. The Kier molecular flexibility index (Phi) is 5.49. The van der Waals surface area contributed by atoms with Gasteiger partial charge in [-0.3, -0.25) is 9.69 Å². The SMILES string of the molecule is CCCCN(CC(N)=O)Cc1ccccc1N. The van der Waals surface area contributed by atoms with E-state index in [1.54, 1.807) is 0 Å². The van der Waals surface area contributed by atoms with E-state index in [-0.39, 0.29) is 12.5 Å². The second-order valence-corrected chi connectivity index (χ2v) is 4.23. The second-order valence-electron chi connectivity index (χ2n) is 4.23. The van der Waals surface area contributed by atoms with Crippen molar-refractivity contribution in [3.63, 3.8) is 0 Å². The number of para-hydroxylation sites is 1. The molecule has 0 saturated carbocycles. The first-order valence-electron chi connectivity index (χ1n) is 5.97. The highest BCUT2D eigenvalue weighted by Gasteiger charge is 2.09. The van der Waals surface area contributed by atoms with Gasteiger partial charge in [-0.25, -0.2) is 0 Å². The predicted octanol–water partition coefficient (Wildman–Crippen LogP) is 1.36. The summed E-state index contributed by atoms with van der Waals surface area (Å²) >= 11 is 0. The topological polar surface area (TPSA) is 72.3 Å². The molecule has 4 nitrogen and oxygen atoms in total. The number of unbranched alkanes of at least 4 members (excludes halogenated alkanes) is 1. The molecule has 0 spiro atoms. The third-order valence-corrected chi connectivity index (χ3v) is 2.66. The minimum absolute atomic E-state index is 0.286. The zero-order valence-corrected chi connectivity index (χ0v) is 10.4. The molecule has 0 aliphatic carbocycles. The Labute approximate surface area is 103 Å². The van der Waals surface area contributed by atoms with E-state index >= 15 is 0 Å². The van der Waals surface area contributed by atoms with E-state index in [0.717, 1.165) is 30.6 Å². The second kappa shape index (κ2) is 6.91. The van der Waals surface area contributed by atoms with Gasteiger partial charge < -0.3 is 11.5 Å². The number of anilines is 1. The molecule has 17 heavy (non-hydrogen) atoms. The molecular weight excluding hydrogens is 214 g/mol. The molecule has 0 atom stereocenters. The molecule has 4 heteroatoms. The highest BCUT2D eigenvalue weighted by atomic mass is 16.1. The maximum atomic E-state index is 11.0. The van der Waals surface area contributed by atoms with Crippen molar-refractivity contribution in [2.45, 2.75) is 26.3 Å². The van der Waals surface area contributed by atoms with Crippen LogP contribution in [-0.2, 0) is 11.3 Å². The minimum atomic E-state index is -0.296. The van der Waals surface area contributed by atoms with Crippen LogP contribution in [0.25, 0.3) is 0 Å². The van der Waals surface area contributed by atoms with Crippen molar-refractivity contribution < 1.29 is 4.79 Å². The number of amides is 1. The Morgan fingerprint density at radius 3 is 2.65 bits per heavy atom. The summed E-state index contributed by atoms with van der Waals surface area (Å²) in [6.07, 6.45) is 2.15. The quantitative estimate of drug-likeness (QED) is 0.701. The Hall–Kier alpha value is -1.55. The van der Waals surface area contributed by atoms with Gasteiger partial charge in [-0.15, -0.1) is 0 Å². The van der Waals surface area contributed by atoms with Crippen LogP contribution < -0.4 is 11.5 Å². The maximum absolute atomic E-state index is 11.0. The number of benzene rings is 1. The van der Waals surface area contributed by atoms with Gasteiger partial charge in [-0.1, -0.05) is 31.5 Å². The first kappa shape index (κ1) is 13.5. The van der Waals surface area contributed by atoms with Gasteiger partial charge in [0.15, 0.2) is 0 Å². The van der Waals surface area contributed by atoms with Crippen LogP contribution in [-0.4, -0.2) is 23.9 Å². The molecule has 0 unspecified atom stereocenters. The largest absolute Gasteiger partial charge is 0.398 e. The summed E-state index contributed by atoms with van der Waals surface area (Å²) in [5.41, 5.74) is 12.9. The third-order valence-electron chi connectivity index (χ3n) is 2.66. The number of carbonyl (C=O) groups is 1. The zero-order valence-electron chi connectivity index (χ0n) is 10.4. The van der Waals surface area contributed by atoms with E-state index in [1.807, 2.05) is 29.2 Å². The number of hydrogen-bond donors (Lipinski definition) is 2. The molecule has 4 N–H and O–H groups in total. The first-order chi connectivity index (χ1) is 8.13. The standard InChI is InChI=1S/C13H21N3O/c1-2-3-8-16(10-13(15)17)9-11-6-4-5-7-12(11)14/h4-7H,2-3,8-10,14H2,1H3,(H2,15,17). The number of carbonyl (C=O) groups excluding carboxylic acids is 1. The number of nitrogen functional groups attached to an aromatic ring is 1. The van der Waals surface area contributed by atoms with Crippen LogP contribution in [0.4, 0.5) is 5.69 Å². The molecule has 0 aliphatic rings. The predicted molar refractivity (Wildman–Crippen MR) is 70.2 cm³/mol. The molecule has 0 fully saturated rings. The van der Waals surface area contributed by atoms with Gasteiger partial charge in [-0.2, -0.15) is 0 Å². The van der Waals surface area contributed by atoms with Gasteiger partial charge >= 0.3 is 0 Å².